The van der Waals surface area contributed by atoms with Crippen LogP contribution < -0.4 is 5.32 Å². The third-order valence-electron chi connectivity index (χ3n) is 4.27. The Morgan fingerprint density at radius 2 is 1.92 bits per heavy atom. The molecule has 26 heavy (non-hydrogen) atoms. The second-order valence-corrected chi connectivity index (χ2v) is 7.07. The molecule has 0 saturated carbocycles. The summed E-state index contributed by atoms with van der Waals surface area (Å²) in [6.45, 7) is 7.94. The summed E-state index contributed by atoms with van der Waals surface area (Å²) in [5.41, 5.74) is 4.85. The fraction of sp³-hybridized carbons (Fsp3) is 0.316. The van der Waals surface area contributed by atoms with E-state index in [0.29, 0.717) is 18.7 Å². The van der Waals surface area contributed by atoms with E-state index in [1.54, 1.807) is 6.20 Å². The van der Waals surface area contributed by atoms with Gasteiger partial charge in [-0.1, -0.05) is 12.1 Å². The molecule has 0 saturated heterocycles. The lowest BCUT2D eigenvalue weighted by molar-refractivity contribution is 0.0950. The SMILES string of the molecule is CCn1ncc(Br)c1CNC(=O)c1ccc(Cn2nc(C)cc2C)cc1. The van der Waals surface area contributed by atoms with E-state index in [1.165, 1.54) is 0 Å². The van der Waals surface area contributed by atoms with Crippen molar-refractivity contribution in [3.05, 3.63) is 69.2 Å². The maximum absolute atomic E-state index is 12.4. The number of halogens is 1. The molecule has 7 heteroatoms. The minimum Gasteiger partial charge on any atom is -0.346 e. The van der Waals surface area contributed by atoms with Crippen LogP contribution in [0.4, 0.5) is 0 Å². The molecule has 0 spiro atoms. The number of hydrogen-bond donors (Lipinski definition) is 1. The Kier molecular flexibility index (Phi) is 5.56. The third kappa shape index (κ3) is 4.04. The van der Waals surface area contributed by atoms with Crippen molar-refractivity contribution in [2.45, 2.75) is 40.4 Å². The van der Waals surface area contributed by atoms with Crippen LogP contribution in [0.5, 0.6) is 0 Å². The average Bonchev–Trinajstić information content (AvgIpc) is 3.14. The highest BCUT2D eigenvalue weighted by atomic mass is 79.9. The van der Waals surface area contributed by atoms with E-state index >= 15 is 0 Å². The molecule has 6 nitrogen and oxygen atoms in total. The van der Waals surface area contributed by atoms with E-state index in [4.69, 9.17) is 0 Å². The van der Waals surface area contributed by atoms with Crippen LogP contribution in [0.3, 0.4) is 0 Å². The lowest BCUT2D eigenvalue weighted by Crippen LogP contribution is -2.24. The first-order valence-electron chi connectivity index (χ1n) is 8.56. The number of nitrogens with zero attached hydrogens (tertiary/aromatic N) is 4. The van der Waals surface area contributed by atoms with Gasteiger partial charge in [0, 0.05) is 17.8 Å². The lowest BCUT2D eigenvalue weighted by atomic mass is 10.1. The molecule has 0 unspecified atom stereocenters. The molecule has 0 bridgehead atoms. The minimum absolute atomic E-state index is 0.0987. The van der Waals surface area contributed by atoms with Crippen molar-refractivity contribution < 1.29 is 4.79 Å². The fourth-order valence-corrected chi connectivity index (χ4v) is 3.31. The van der Waals surface area contributed by atoms with Gasteiger partial charge in [0.1, 0.15) is 0 Å². The van der Waals surface area contributed by atoms with Crippen LogP contribution >= 0.6 is 15.9 Å². The number of rotatable bonds is 6. The highest BCUT2D eigenvalue weighted by Crippen LogP contribution is 2.16. The molecule has 3 aromatic rings. The summed E-state index contributed by atoms with van der Waals surface area (Å²) in [5.74, 6) is -0.0987. The first kappa shape index (κ1) is 18.4. The molecule has 2 aromatic heterocycles. The molecular weight excluding hydrogens is 394 g/mol. The molecule has 1 N–H and O–H groups in total. The van der Waals surface area contributed by atoms with Gasteiger partial charge in [-0.2, -0.15) is 10.2 Å². The first-order chi connectivity index (χ1) is 12.5. The van der Waals surface area contributed by atoms with Gasteiger partial charge in [-0.05, 0) is 60.5 Å². The van der Waals surface area contributed by atoms with Crippen LogP contribution in [0, 0.1) is 13.8 Å². The number of nitrogens with one attached hydrogen (secondary N) is 1. The Bertz CT molecular complexity index is 911. The zero-order valence-electron chi connectivity index (χ0n) is 15.2. The molecule has 0 aliphatic rings. The highest BCUT2D eigenvalue weighted by Gasteiger charge is 2.11. The zero-order chi connectivity index (χ0) is 18.7. The summed E-state index contributed by atoms with van der Waals surface area (Å²) in [5, 5.41) is 11.7. The molecule has 0 aliphatic carbocycles. The summed E-state index contributed by atoms with van der Waals surface area (Å²) >= 11 is 3.47. The number of benzene rings is 1. The van der Waals surface area contributed by atoms with Crippen LogP contribution in [0.15, 0.2) is 41.0 Å². The van der Waals surface area contributed by atoms with Crippen molar-refractivity contribution in [3.8, 4) is 0 Å². The molecule has 136 valence electrons. The van der Waals surface area contributed by atoms with Crippen molar-refractivity contribution in [2.24, 2.45) is 0 Å². The average molecular weight is 416 g/mol. The number of aryl methyl sites for hydroxylation is 3. The van der Waals surface area contributed by atoms with Gasteiger partial charge < -0.3 is 5.32 Å². The van der Waals surface area contributed by atoms with E-state index < -0.39 is 0 Å². The maximum atomic E-state index is 12.4. The quantitative estimate of drug-likeness (QED) is 0.670. The Labute approximate surface area is 161 Å². The number of amides is 1. The van der Waals surface area contributed by atoms with Gasteiger partial charge in [-0.25, -0.2) is 0 Å². The van der Waals surface area contributed by atoms with Crippen LogP contribution in [-0.2, 0) is 19.6 Å². The van der Waals surface area contributed by atoms with Gasteiger partial charge in [0.05, 0.1) is 35.1 Å². The number of carbonyl (C=O) groups excluding carboxylic acids is 1. The van der Waals surface area contributed by atoms with Crippen molar-refractivity contribution in [1.29, 1.82) is 0 Å². The summed E-state index contributed by atoms with van der Waals surface area (Å²) in [7, 11) is 0. The first-order valence-corrected chi connectivity index (χ1v) is 9.35. The van der Waals surface area contributed by atoms with Gasteiger partial charge in [-0.3, -0.25) is 14.2 Å². The number of hydrogen-bond acceptors (Lipinski definition) is 3. The topological polar surface area (TPSA) is 64.7 Å². The molecule has 1 amide bonds. The van der Waals surface area contributed by atoms with E-state index in [9.17, 15) is 4.79 Å². The van der Waals surface area contributed by atoms with Gasteiger partial charge in [0.15, 0.2) is 0 Å². The third-order valence-corrected chi connectivity index (χ3v) is 4.93. The lowest BCUT2D eigenvalue weighted by Gasteiger charge is -2.09. The van der Waals surface area contributed by atoms with E-state index in [0.717, 1.165) is 33.7 Å². The predicted molar refractivity (Wildman–Crippen MR) is 104 cm³/mol. The molecule has 0 atom stereocenters. The zero-order valence-corrected chi connectivity index (χ0v) is 16.7. The molecule has 3 rings (SSSR count). The van der Waals surface area contributed by atoms with Gasteiger partial charge in [-0.15, -0.1) is 0 Å². The molecule has 0 fully saturated rings. The highest BCUT2D eigenvalue weighted by molar-refractivity contribution is 9.10. The molecular formula is C19H22BrN5O. The van der Waals surface area contributed by atoms with Gasteiger partial charge in [0.25, 0.3) is 5.91 Å². The Morgan fingerprint density at radius 1 is 1.19 bits per heavy atom. The van der Waals surface area contributed by atoms with E-state index in [-0.39, 0.29) is 5.91 Å². The minimum atomic E-state index is -0.0987. The second-order valence-electron chi connectivity index (χ2n) is 6.22. The van der Waals surface area contributed by atoms with E-state index in [1.807, 2.05) is 54.4 Å². The molecule has 0 aliphatic heterocycles. The van der Waals surface area contributed by atoms with Gasteiger partial charge in [0.2, 0.25) is 0 Å². The number of carbonyl (C=O) groups is 1. The smallest absolute Gasteiger partial charge is 0.251 e. The monoisotopic (exact) mass is 415 g/mol. The van der Waals surface area contributed by atoms with Crippen LogP contribution in [0.1, 0.15) is 39.9 Å². The maximum Gasteiger partial charge on any atom is 0.251 e. The van der Waals surface area contributed by atoms with Crippen molar-refractivity contribution in [2.75, 3.05) is 0 Å². The van der Waals surface area contributed by atoms with Gasteiger partial charge >= 0.3 is 0 Å². The molecule has 1 aromatic carbocycles. The van der Waals surface area contributed by atoms with Crippen molar-refractivity contribution >= 4 is 21.8 Å². The van der Waals surface area contributed by atoms with Crippen LogP contribution in [0.2, 0.25) is 0 Å². The Morgan fingerprint density at radius 3 is 2.54 bits per heavy atom. The van der Waals surface area contributed by atoms with Crippen molar-refractivity contribution in [1.82, 2.24) is 24.9 Å². The Hall–Kier alpha value is -2.41. The fourth-order valence-electron chi connectivity index (χ4n) is 2.87. The second kappa shape index (κ2) is 7.86. The molecule has 2 heterocycles. The largest absolute Gasteiger partial charge is 0.346 e. The normalized spacial score (nSPS) is 10.9. The van der Waals surface area contributed by atoms with Crippen LogP contribution in [-0.4, -0.2) is 25.5 Å². The standard InChI is InChI=1S/C19H22BrN5O/c1-4-24-18(17(20)10-22-24)11-21-19(26)16-7-5-15(6-8-16)12-25-14(3)9-13(2)23-25/h5-10H,4,11-12H2,1-3H3,(H,21,26). The molecule has 0 radical (unpaired) electrons. The summed E-state index contributed by atoms with van der Waals surface area (Å²) in [6.07, 6.45) is 1.75. The predicted octanol–water partition coefficient (Wildman–Crippen LogP) is 3.46. The van der Waals surface area contributed by atoms with Crippen LogP contribution in [0.25, 0.3) is 0 Å². The summed E-state index contributed by atoms with van der Waals surface area (Å²) in [4.78, 5) is 12.4. The summed E-state index contributed by atoms with van der Waals surface area (Å²) < 4.78 is 4.73. The summed E-state index contributed by atoms with van der Waals surface area (Å²) in [6, 6.07) is 9.70. The number of aromatic nitrogens is 4. The van der Waals surface area contributed by atoms with Crippen molar-refractivity contribution in [3.63, 3.8) is 0 Å². The Balaban J connectivity index is 1.63. The van der Waals surface area contributed by atoms with E-state index in [2.05, 4.69) is 37.5 Å².